The molecule has 2 heterocycles. The highest BCUT2D eigenvalue weighted by Gasteiger charge is 2.28. The second-order valence-electron chi connectivity index (χ2n) is 4.73. The molecule has 0 aliphatic carbocycles. The molecule has 0 N–H and O–H groups in total. The maximum atomic E-state index is 12.2. The van der Waals surface area contributed by atoms with Gasteiger partial charge in [-0.25, -0.2) is 0 Å². The van der Waals surface area contributed by atoms with Crippen molar-refractivity contribution < 1.29 is 4.79 Å². The molecule has 0 spiro atoms. The van der Waals surface area contributed by atoms with Crippen molar-refractivity contribution in [2.75, 3.05) is 6.54 Å². The van der Waals surface area contributed by atoms with Crippen molar-refractivity contribution in [3.63, 3.8) is 0 Å². The Labute approximate surface area is 106 Å². The molecule has 1 fully saturated rings. The quantitative estimate of drug-likeness (QED) is 0.772. The summed E-state index contributed by atoms with van der Waals surface area (Å²) in [7, 11) is 0. The summed E-state index contributed by atoms with van der Waals surface area (Å²) in [5.41, 5.74) is 0.371. The molecule has 1 aromatic heterocycles. The van der Waals surface area contributed by atoms with Crippen LogP contribution in [0.5, 0.6) is 0 Å². The van der Waals surface area contributed by atoms with Gasteiger partial charge in [-0.3, -0.25) is 4.79 Å². The number of nitrogens with zero attached hydrogens (tertiary/aromatic N) is 3. The van der Waals surface area contributed by atoms with Gasteiger partial charge in [0.1, 0.15) is 0 Å². The van der Waals surface area contributed by atoms with Crippen LogP contribution in [0.25, 0.3) is 0 Å². The second kappa shape index (κ2) is 5.00. The third kappa shape index (κ3) is 2.75. The number of rotatable bonds is 1. The fourth-order valence-corrected chi connectivity index (χ4v) is 2.25. The van der Waals surface area contributed by atoms with Gasteiger partial charge in [0.2, 0.25) is 0 Å². The Kier molecular flexibility index (Phi) is 3.62. The van der Waals surface area contributed by atoms with Crippen molar-refractivity contribution >= 4 is 17.5 Å². The number of carbonyl (C=O) groups excluding carboxylic acids is 1. The number of likely N-dealkylation sites (tertiary alicyclic amines) is 1. The van der Waals surface area contributed by atoms with Crippen LogP contribution in [-0.2, 0) is 0 Å². The lowest BCUT2D eigenvalue weighted by Crippen LogP contribution is -2.45. The SMILES string of the molecule is CC1CCC(C)N(C(=O)c2ccc(Cl)nn2)C1. The summed E-state index contributed by atoms with van der Waals surface area (Å²) in [5, 5.41) is 7.85. The monoisotopic (exact) mass is 253 g/mol. The van der Waals surface area contributed by atoms with Crippen LogP contribution in [0, 0.1) is 5.92 Å². The Morgan fingerprint density at radius 1 is 1.35 bits per heavy atom. The third-order valence-corrected chi connectivity index (χ3v) is 3.43. The average molecular weight is 254 g/mol. The highest BCUT2D eigenvalue weighted by atomic mass is 35.5. The first-order valence-electron chi connectivity index (χ1n) is 5.88. The summed E-state index contributed by atoms with van der Waals surface area (Å²) >= 11 is 5.66. The fourth-order valence-electron chi connectivity index (χ4n) is 2.15. The van der Waals surface area contributed by atoms with Crippen LogP contribution >= 0.6 is 11.6 Å². The summed E-state index contributed by atoms with van der Waals surface area (Å²) in [6, 6.07) is 3.50. The molecule has 0 saturated carbocycles. The Bertz CT molecular complexity index is 407. The summed E-state index contributed by atoms with van der Waals surface area (Å²) in [5.74, 6) is 0.503. The molecule has 4 nitrogen and oxygen atoms in total. The van der Waals surface area contributed by atoms with E-state index in [0.29, 0.717) is 16.8 Å². The van der Waals surface area contributed by atoms with Gasteiger partial charge < -0.3 is 4.90 Å². The number of hydrogen-bond donors (Lipinski definition) is 0. The maximum absolute atomic E-state index is 12.2. The minimum absolute atomic E-state index is 0.0479. The normalized spacial score (nSPS) is 24.8. The fraction of sp³-hybridized carbons (Fsp3) is 0.583. The van der Waals surface area contributed by atoms with Gasteiger partial charge in [-0.2, -0.15) is 0 Å². The molecule has 2 rings (SSSR count). The highest BCUT2D eigenvalue weighted by molar-refractivity contribution is 6.29. The predicted molar refractivity (Wildman–Crippen MR) is 65.9 cm³/mol. The van der Waals surface area contributed by atoms with Gasteiger partial charge in [0, 0.05) is 12.6 Å². The molecule has 2 atom stereocenters. The van der Waals surface area contributed by atoms with E-state index in [4.69, 9.17) is 11.6 Å². The molecule has 1 amide bonds. The van der Waals surface area contributed by atoms with Crippen molar-refractivity contribution in [2.45, 2.75) is 32.7 Å². The van der Waals surface area contributed by atoms with Gasteiger partial charge in [-0.15, -0.1) is 10.2 Å². The zero-order chi connectivity index (χ0) is 12.4. The average Bonchev–Trinajstić information content (AvgIpc) is 2.32. The van der Waals surface area contributed by atoms with E-state index in [2.05, 4.69) is 24.0 Å². The van der Waals surface area contributed by atoms with Crippen LogP contribution in [0.2, 0.25) is 5.15 Å². The number of amides is 1. The van der Waals surface area contributed by atoms with Gasteiger partial charge in [0.05, 0.1) is 0 Å². The topological polar surface area (TPSA) is 46.1 Å². The number of hydrogen-bond acceptors (Lipinski definition) is 3. The van der Waals surface area contributed by atoms with Gasteiger partial charge in [-0.1, -0.05) is 18.5 Å². The number of piperidine rings is 1. The Morgan fingerprint density at radius 2 is 2.12 bits per heavy atom. The van der Waals surface area contributed by atoms with E-state index in [-0.39, 0.29) is 11.9 Å². The predicted octanol–water partition coefficient (Wildman–Crippen LogP) is 2.39. The van der Waals surface area contributed by atoms with Crippen LogP contribution in [0.1, 0.15) is 37.2 Å². The molecule has 1 aliphatic rings. The maximum Gasteiger partial charge on any atom is 0.274 e. The van der Waals surface area contributed by atoms with Gasteiger partial charge >= 0.3 is 0 Å². The standard InChI is InChI=1S/C12H16ClN3O/c1-8-3-4-9(2)16(7-8)12(17)10-5-6-11(13)15-14-10/h5-6,8-9H,3-4,7H2,1-2H3. The van der Waals surface area contributed by atoms with E-state index in [1.165, 1.54) is 6.42 Å². The van der Waals surface area contributed by atoms with Crippen LogP contribution in [-0.4, -0.2) is 33.6 Å². The lowest BCUT2D eigenvalue weighted by Gasteiger charge is -2.36. The first-order valence-corrected chi connectivity index (χ1v) is 6.26. The minimum atomic E-state index is -0.0479. The molecule has 0 aromatic carbocycles. The highest BCUT2D eigenvalue weighted by Crippen LogP contribution is 2.22. The molecule has 5 heteroatoms. The lowest BCUT2D eigenvalue weighted by atomic mass is 9.95. The smallest absolute Gasteiger partial charge is 0.274 e. The zero-order valence-corrected chi connectivity index (χ0v) is 10.8. The van der Waals surface area contributed by atoms with Crippen LogP contribution in [0.15, 0.2) is 12.1 Å². The molecule has 2 unspecified atom stereocenters. The first-order chi connectivity index (χ1) is 8.08. The lowest BCUT2D eigenvalue weighted by molar-refractivity contribution is 0.0567. The van der Waals surface area contributed by atoms with Crippen molar-refractivity contribution in [2.24, 2.45) is 5.92 Å². The summed E-state index contributed by atoms with van der Waals surface area (Å²) in [4.78, 5) is 14.1. The first kappa shape index (κ1) is 12.3. The number of aromatic nitrogens is 2. The van der Waals surface area contributed by atoms with Gasteiger partial charge in [0.25, 0.3) is 5.91 Å². The minimum Gasteiger partial charge on any atom is -0.334 e. The molecule has 17 heavy (non-hydrogen) atoms. The molecular weight excluding hydrogens is 238 g/mol. The van der Waals surface area contributed by atoms with E-state index in [1.807, 2.05) is 4.90 Å². The molecular formula is C12H16ClN3O. The van der Waals surface area contributed by atoms with Crippen LogP contribution < -0.4 is 0 Å². The molecule has 92 valence electrons. The molecule has 0 radical (unpaired) electrons. The van der Waals surface area contributed by atoms with E-state index in [9.17, 15) is 4.79 Å². The van der Waals surface area contributed by atoms with E-state index >= 15 is 0 Å². The summed E-state index contributed by atoms with van der Waals surface area (Å²) in [6.07, 6.45) is 2.23. The van der Waals surface area contributed by atoms with Crippen LogP contribution in [0.4, 0.5) is 0 Å². The molecule has 1 saturated heterocycles. The Morgan fingerprint density at radius 3 is 2.76 bits per heavy atom. The number of halogens is 1. The Hall–Kier alpha value is -1.16. The summed E-state index contributed by atoms with van der Waals surface area (Å²) < 4.78 is 0. The van der Waals surface area contributed by atoms with Gasteiger partial charge in [-0.05, 0) is 37.8 Å². The van der Waals surface area contributed by atoms with Crippen molar-refractivity contribution in [1.82, 2.24) is 15.1 Å². The zero-order valence-electron chi connectivity index (χ0n) is 10.1. The van der Waals surface area contributed by atoms with Crippen molar-refractivity contribution in [3.05, 3.63) is 23.0 Å². The molecule has 0 bridgehead atoms. The third-order valence-electron chi connectivity index (χ3n) is 3.23. The van der Waals surface area contributed by atoms with Gasteiger partial charge in [0.15, 0.2) is 10.8 Å². The van der Waals surface area contributed by atoms with Crippen molar-refractivity contribution in [1.29, 1.82) is 0 Å². The molecule has 1 aliphatic heterocycles. The summed E-state index contributed by atoms with van der Waals surface area (Å²) in [6.45, 7) is 5.04. The van der Waals surface area contributed by atoms with Crippen molar-refractivity contribution in [3.8, 4) is 0 Å². The van der Waals surface area contributed by atoms with E-state index in [1.54, 1.807) is 12.1 Å². The Balaban J connectivity index is 2.15. The van der Waals surface area contributed by atoms with Crippen LogP contribution in [0.3, 0.4) is 0 Å². The molecule has 1 aromatic rings. The number of carbonyl (C=O) groups is 1. The largest absolute Gasteiger partial charge is 0.334 e. The van der Waals surface area contributed by atoms with E-state index < -0.39 is 0 Å². The second-order valence-corrected chi connectivity index (χ2v) is 5.12. The van der Waals surface area contributed by atoms with E-state index in [0.717, 1.165) is 13.0 Å².